The number of ether oxygens (including phenoxy) is 4. The number of carbonyl (C=O) groups is 1. The number of hydrogen-bond acceptors (Lipinski definition) is 5. The van der Waals surface area contributed by atoms with Crippen molar-refractivity contribution in [3.63, 3.8) is 0 Å². The zero-order valence-electron chi connectivity index (χ0n) is 18.3. The van der Waals surface area contributed by atoms with Crippen LogP contribution in [0.4, 0.5) is 0 Å². The summed E-state index contributed by atoms with van der Waals surface area (Å²) in [5.41, 5.74) is 3.12. The van der Waals surface area contributed by atoms with E-state index < -0.39 is 12.1 Å². The van der Waals surface area contributed by atoms with Crippen LogP contribution >= 0.6 is 0 Å². The van der Waals surface area contributed by atoms with Crippen LogP contribution in [0.2, 0.25) is 0 Å². The molecule has 0 saturated carbocycles. The molecule has 0 saturated heterocycles. The van der Waals surface area contributed by atoms with Gasteiger partial charge in [-0.2, -0.15) is 0 Å². The Hall–Kier alpha value is -3.51. The van der Waals surface area contributed by atoms with E-state index in [0.717, 1.165) is 16.9 Å². The Morgan fingerprint density at radius 2 is 1.53 bits per heavy atom. The van der Waals surface area contributed by atoms with Crippen LogP contribution in [0.3, 0.4) is 0 Å². The third-order valence-corrected chi connectivity index (χ3v) is 4.99. The van der Waals surface area contributed by atoms with E-state index in [4.69, 9.17) is 24.1 Å². The van der Waals surface area contributed by atoms with Crippen molar-refractivity contribution in [2.45, 2.75) is 18.9 Å². The van der Waals surface area contributed by atoms with Crippen molar-refractivity contribution in [2.24, 2.45) is 0 Å². The summed E-state index contributed by atoms with van der Waals surface area (Å²) in [5.74, 6) is 0.979. The lowest BCUT2D eigenvalue weighted by Crippen LogP contribution is -2.24. The monoisotopic (exact) mass is 436 g/mol. The van der Waals surface area contributed by atoms with Crippen molar-refractivity contribution in [1.82, 2.24) is 0 Å². The summed E-state index contributed by atoms with van der Waals surface area (Å²) < 4.78 is 22.0. The SMILES string of the molecule is COc1cc(CC(OC)C(=O)O)ccc1OCCCOc1ccc(-c2ccccc2)cc1. The van der Waals surface area contributed by atoms with Crippen molar-refractivity contribution in [3.05, 3.63) is 78.4 Å². The minimum atomic E-state index is -0.999. The second-order valence-electron chi connectivity index (χ2n) is 7.19. The van der Waals surface area contributed by atoms with Crippen LogP contribution < -0.4 is 14.2 Å². The fraction of sp³-hybridized carbons (Fsp3) is 0.269. The molecule has 0 heterocycles. The van der Waals surface area contributed by atoms with E-state index in [1.54, 1.807) is 19.2 Å². The molecule has 0 fully saturated rings. The smallest absolute Gasteiger partial charge is 0.333 e. The number of carboxylic acids is 1. The van der Waals surface area contributed by atoms with Gasteiger partial charge in [0.05, 0.1) is 20.3 Å². The highest BCUT2D eigenvalue weighted by Gasteiger charge is 2.18. The quantitative estimate of drug-likeness (QED) is 0.409. The van der Waals surface area contributed by atoms with Crippen molar-refractivity contribution < 1.29 is 28.8 Å². The lowest BCUT2D eigenvalue weighted by Gasteiger charge is -2.14. The molecule has 0 aliphatic rings. The van der Waals surface area contributed by atoms with Gasteiger partial charge in [-0.05, 0) is 41.0 Å². The molecule has 3 rings (SSSR count). The zero-order chi connectivity index (χ0) is 22.8. The maximum absolute atomic E-state index is 11.2. The first-order valence-electron chi connectivity index (χ1n) is 10.4. The Balaban J connectivity index is 1.45. The number of benzene rings is 3. The Morgan fingerprint density at radius 3 is 2.19 bits per heavy atom. The molecule has 1 N–H and O–H groups in total. The third-order valence-electron chi connectivity index (χ3n) is 4.99. The van der Waals surface area contributed by atoms with Crippen molar-refractivity contribution in [1.29, 1.82) is 0 Å². The molecular weight excluding hydrogens is 408 g/mol. The van der Waals surface area contributed by atoms with E-state index in [0.29, 0.717) is 31.1 Å². The minimum Gasteiger partial charge on any atom is -0.493 e. The number of rotatable bonds is 12. The van der Waals surface area contributed by atoms with Gasteiger partial charge in [0.25, 0.3) is 0 Å². The highest BCUT2D eigenvalue weighted by Crippen LogP contribution is 2.29. The van der Waals surface area contributed by atoms with Gasteiger partial charge in [0, 0.05) is 20.0 Å². The van der Waals surface area contributed by atoms with E-state index in [2.05, 4.69) is 12.1 Å². The average molecular weight is 437 g/mol. The highest BCUT2D eigenvalue weighted by atomic mass is 16.5. The molecule has 0 spiro atoms. The van der Waals surface area contributed by atoms with Gasteiger partial charge in [0.15, 0.2) is 17.6 Å². The molecule has 1 atom stereocenters. The van der Waals surface area contributed by atoms with Crippen molar-refractivity contribution in [3.8, 4) is 28.4 Å². The zero-order valence-corrected chi connectivity index (χ0v) is 18.3. The number of methoxy groups -OCH3 is 2. The van der Waals surface area contributed by atoms with Crippen LogP contribution in [-0.4, -0.2) is 44.6 Å². The van der Waals surface area contributed by atoms with Gasteiger partial charge in [-0.1, -0.05) is 48.5 Å². The Bertz CT molecular complexity index is 985. The first-order valence-corrected chi connectivity index (χ1v) is 10.4. The van der Waals surface area contributed by atoms with Gasteiger partial charge < -0.3 is 24.1 Å². The number of hydrogen-bond donors (Lipinski definition) is 1. The summed E-state index contributed by atoms with van der Waals surface area (Å²) in [5, 5.41) is 9.14. The lowest BCUT2D eigenvalue weighted by atomic mass is 10.1. The first kappa shape index (κ1) is 23.2. The predicted molar refractivity (Wildman–Crippen MR) is 123 cm³/mol. The summed E-state index contributed by atoms with van der Waals surface area (Å²) >= 11 is 0. The Morgan fingerprint density at radius 1 is 0.844 bits per heavy atom. The van der Waals surface area contributed by atoms with E-state index >= 15 is 0 Å². The van der Waals surface area contributed by atoms with E-state index in [1.165, 1.54) is 12.7 Å². The highest BCUT2D eigenvalue weighted by molar-refractivity contribution is 5.72. The molecule has 3 aromatic carbocycles. The van der Waals surface area contributed by atoms with Crippen LogP contribution in [0.15, 0.2) is 72.8 Å². The van der Waals surface area contributed by atoms with Gasteiger partial charge in [0.2, 0.25) is 0 Å². The molecule has 168 valence electrons. The molecule has 6 heteroatoms. The van der Waals surface area contributed by atoms with Gasteiger partial charge in [-0.15, -0.1) is 0 Å². The molecule has 0 aliphatic carbocycles. The molecular formula is C26H28O6. The fourth-order valence-corrected chi connectivity index (χ4v) is 3.25. The summed E-state index contributed by atoms with van der Waals surface area (Å²) in [6, 6.07) is 23.6. The predicted octanol–water partition coefficient (Wildman–Crippen LogP) is 4.85. The van der Waals surface area contributed by atoms with Gasteiger partial charge in [-0.25, -0.2) is 4.79 Å². The Kier molecular flexibility index (Phi) is 8.52. The standard InChI is InChI=1S/C26H28O6/c1-29-24-17-19(18-25(30-2)26(27)28)9-14-23(24)32-16-6-15-31-22-12-10-21(11-13-22)20-7-4-3-5-8-20/h3-5,7-14,17,25H,6,15-16,18H2,1-2H3,(H,27,28). The van der Waals surface area contributed by atoms with Crippen molar-refractivity contribution >= 4 is 5.97 Å². The lowest BCUT2D eigenvalue weighted by molar-refractivity contribution is -0.148. The van der Waals surface area contributed by atoms with E-state index in [1.807, 2.05) is 48.5 Å². The second-order valence-corrected chi connectivity index (χ2v) is 7.19. The number of aliphatic carboxylic acids is 1. The molecule has 0 aliphatic heterocycles. The topological polar surface area (TPSA) is 74.2 Å². The van der Waals surface area contributed by atoms with Crippen LogP contribution in [0.1, 0.15) is 12.0 Å². The first-order chi connectivity index (χ1) is 15.6. The maximum atomic E-state index is 11.2. The van der Waals surface area contributed by atoms with E-state index in [-0.39, 0.29) is 6.42 Å². The number of carboxylic acid groups (broad SMARTS) is 1. The van der Waals surface area contributed by atoms with Gasteiger partial charge in [-0.3, -0.25) is 0 Å². The van der Waals surface area contributed by atoms with Crippen LogP contribution in [0.5, 0.6) is 17.2 Å². The van der Waals surface area contributed by atoms with Gasteiger partial charge in [0.1, 0.15) is 5.75 Å². The molecule has 1 unspecified atom stereocenters. The summed E-state index contributed by atoms with van der Waals surface area (Å²) in [6.07, 6.45) is 0.0561. The van der Waals surface area contributed by atoms with Crippen LogP contribution in [0, 0.1) is 0 Å². The minimum absolute atomic E-state index is 0.249. The van der Waals surface area contributed by atoms with E-state index in [9.17, 15) is 4.79 Å². The van der Waals surface area contributed by atoms with Crippen LogP contribution in [-0.2, 0) is 16.0 Å². The largest absolute Gasteiger partial charge is 0.493 e. The van der Waals surface area contributed by atoms with Gasteiger partial charge >= 0.3 is 5.97 Å². The average Bonchev–Trinajstić information content (AvgIpc) is 2.83. The third kappa shape index (κ3) is 6.49. The normalized spacial score (nSPS) is 11.6. The molecule has 0 amide bonds. The van der Waals surface area contributed by atoms with Crippen molar-refractivity contribution in [2.75, 3.05) is 27.4 Å². The summed E-state index contributed by atoms with van der Waals surface area (Å²) in [7, 11) is 2.94. The summed E-state index contributed by atoms with van der Waals surface area (Å²) in [4.78, 5) is 11.2. The summed E-state index contributed by atoms with van der Waals surface area (Å²) in [6.45, 7) is 0.993. The Labute approximate surface area is 188 Å². The molecule has 6 nitrogen and oxygen atoms in total. The molecule has 32 heavy (non-hydrogen) atoms. The fourth-order valence-electron chi connectivity index (χ4n) is 3.25. The molecule has 0 radical (unpaired) electrons. The molecule has 0 bridgehead atoms. The van der Waals surface area contributed by atoms with Crippen LogP contribution in [0.25, 0.3) is 11.1 Å². The molecule has 0 aromatic heterocycles. The maximum Gasteiger partial charge on any atom is 0.333 e. The second kappa shape index (κ2) is 11.8. The molecule has 3 aromatic rings.